The molecule has 0 fully saturated rings. The Morgan fingerprint density at radius 2 is 1.20 bits per heavy atom. The molecule has 25 heavy (non-hydrogen) atoms. The molecule has 0 aliphatic carbocycles. The highest BCUT2D eigenvalue weighted by Crippen LogP contribution is 2.28. The van der Waals surface area contributed by atoms with Crippen molar-refractivity contribution in [2.75, 3.05) is 14.1 Å². The van der Waals surface area contributed by atoms with Crippen LogP contribution in [0.2, 0.25) is 0 Å². The average Bonchev–Trinajstić information content (AvgIpc) is 2.54. The third-order valence-corrected chi connectivity index (χ3v) is 6.06. The molecule has 0 radical (unpaired) electrons. The van der Waals surface area contributed by atoms with Gasteiger partial charge in [-0.2, -0.15) is 0 Å². The Bertz CT molecular complexity index is 393. The van der Waals surface area contributed by atoms with Gasteiger partial charge in [0.25, 0.3) is 5.54 Å². The summed E-state index contributed by atoms with van der Waals surface area (Å²) in [5.41, 5.74) is -1.82. The van der Waals surface area contributed by atoms with Gasteiger partial charge < -0.3 is 14.7 Å². The monoisotopic (exact) mass is 358 g/mol. The molecule has 1 unspecified atom stereocenters. The zero-order valence-electron chi connectivity index (χ0n) is 17.0. The van der Waals surface area contributed by atoms with E-state index in [0.29, 0.717) is 0 Å². The second-order valence-electron chi connectivity index (χ2n) is 8.04. The minimum absolute atomic E-state index is 0.0220. The van der Waals surface area contributed by atoms with E-state index < -0.39 is 17.5 Å². The fourth-order valence-electron chi connectivity index (χ4n) is 3.28. The molecule has 0 amide bonds. The Morgan fingerprint density at radius 3 is 1.56 bits per heavy atom. The number of likely N-dealkylation sites (N-methyl/N-ethyl adjacent to an activating group) is 1. The molecule has 0 aromatic rings. The number of unbranched alkanes of at least 4 members (excludes halogenated alkanes) is 9. The molecule has 0 aliphatic rings. The molecular weight excluding hydrogens is 318 g/mol. The van der Waals surface area contributed by atoms with E-state index >= 15 is 0 Å². The van der Waals surface area contributed by atoms with Gasteiger partial charge in [0.2, 0.25) is 0 Å². The minimum atomic E-state index is -1.82. The molecule has 2 N–H and O–H groups in total. The van der Waals surface area contributed by atoms with Crippen LogP contribution in [-0.2, 0) is 9.59 Å². The second-order valence-corrected chi connectivity index (χ2v) is 8.04. The van der Waals surface area contributed by atoms with Crippen LogP contribution < -0.4 is 0 Å². The van der Waals surface area contributed by atoms with Crippen molar-refractivity contribution >= 4 is 11.9 Å². The van der Waals surface area contributed by atoms with Gasteiger partial charge in [-0.05, 0) is 19.8 Å². The molecule has 0 aliphatic heterocycles. The van der Waals surface area contributed by atoms with Crippen molar-refractivity contribution in [3.05, 3.63) is 0 Å². The zero-order chi connectivity index (χ0) is 19.5. The predicted molar refractivity (Wildman–Crippen MR) is 102 cm³/mol. The van der Waals surface area contributed by atoms with E-state index in [-0.39, 0.29) is 10.5 Å². The Hall–Kier alpha value is -1.10. The lowest BCUT2D eigenvalue weighted by Gasteiger charge is -2.45. The maximum Gasteiger partial charge on any atom is 0.377 e. The van der Waals surface area contributed by atoms with Crippen LogP contribution in [0.1, 0.15) is 91.4 Å². The Kier molecular flexibility index (Phi) is 11.0. The summed E-state index contributed by atoms with van der Waals surface area (Å²) in [7, 11) is 3.42. The molecule has 1 atom stereocenters. The summed E-state index contributed by atoms with van der Waals surface area (Å²) in [6.07, 6.45) is 13.4. The first-order valence-electron chi connectivity index (χ1n) is 9.92. The van der Waals surface area contributed by atoms with E-state index in [0.717, 1.165) is 19.3 Å². The van der Waals surface area contributed by atoms with Gasteiger partial charge in [-0.1, -0.05) is 64.7 Å². The van der Waals surface area contributed by atoms with Crippen molar-refractivity contribution in [3.63, 3.8) is 0 Å². The SMILES string of the molecule is CCCCCCCCCCCCC(C)[N+](C)(C)C(C)(C(=O)O)C(=O)O. The highest BCUT2D eigenvalue weighted by Gasteiger charge is 2.57. The first-order valence-corrected chi connectivity index (χ1v) is 9.92. The Morgan fingerprint density at radius 1 is 0.840 bits per heavy atom. The topological polar surface area (TPSA) is 74.6 Å². The van der Waals surface area contributed by atoms with Crippen LogP contribution in [0, 0.1) is 0 Å². The van der Waals surface area contributed by atoms with Crippen LogP contribution in [0.25, 0.3) is 0 Å². The lowest BCUT2D eigenvalue weighted by Crippen LogP contribution is -2.69. The van der Waals surface area contributed by atoms with Crippen molar-refractivity contribution in [2.24, 2.45) is 0 Å². The first-order chi connectivity index (χ1) is 11.6. The molecule has 0 spiro atoms. The number of carboxylic acids is 2. The number of hydrogen-bond donors (Lipinski definition) is 2. The van der Waals surface area contributed by atoms with Crippen LogP contribution in [0.15, 0.2) is 0 Å². The number of quaternary nitrogens is 1. The Balaban J connectivity index is 4.14. The Labute approximate surface area is 154 Å². The number of nitrogens with zero attached hydrogens (tertiary/aromatic N) is 1. The number of hydrogen-bond acceptors (Lipinski definition) is 2. The average molecular weight is 359 g/mol. The molecule has 0 aromatic carbocycles. The van der Waals surface area contributed by atoms with Gasteiger partial charge in [-0.15, -0.1) is 0 Å². The van der Waals surface area contributed by atoms with E-state index in [1.54, 1.807) is 14.1 Å². The third kappa shape index (κ3) is 6.96. The summed E-state index contributed by atoms with van der Waals surface area (Å²) in [6.45, 7) is 5.50. The maximum atomic E-state index is 11.6. The van der Waals surface area contributed by atoms with Gasteiger partial charge >= 0.3 is 11.9 Å². The van der Waals surface area contributed by atoms with E-state index in [2.05, 4.69) is 6.92 Å². The number of aliphatic carboxylic acids is 2. The van der Waals surface area contributed by atoms with Crippen LogP contribution in [-0.4, -0.2) is 52.3 Å². The number of carbonyl (C=O) groups is 2. The fourth-order valence-corrected chi connectivity index (χ4v) is 3.28. The van der Waals surface area contributed by atoms with E-state index in [9.17, 15) is 19.8 Å². The predicted octanol–water partition coefficient (Wildman–Crippen LogP) is 4.69. The lowest BCUT2D eigenvalue weighted by molar-refractivity contribution is -0.942. The molecule has 0 saturated carbocycles. The molecule has 0 rings (SSSR count). The third-order valence-electron chi connectivity index (χ3n) is 6.06. The van der Waals surface area contributed by atoms with E-state index in [1.807, 2.05) is 6.92 Å². The van der Waals surface area contributed by atoms with Gasteiger partial charge in [0.15, 0.2) is 0 Å². The van der Waals surface area contributed by atoms with Crippen molar-refractivity contribution < 1.29 is 24.3 Å². The van der Waals surface area contributed by atoms with Crippen molar-refractivity contribution in [1.82, 2.24) is 0 Å². The van der Waals surface area contributed by atoms with Crippen LogP contribution in [0.4, 0.5) is 0 Å². The lowest BCUT2D eigenvalue weighted by atomic mass is 9.93. The van der Waals surface area contributed by atoms with Gasteiger partial charge in [-0.25, -0.2) is 9.59 Å². The van der Waals surface area contributed by atoms with E-state index in [1.165, 1.54) is 58.3 Å². The fraction of sp³-hybridized carbons (Fsp3) is 0.900. The standard InChI is InChI=1S/C20H39NO4/c1-6-7-8-9-10-11-12-13-14-15-16-17(2)21(4,5)20(3,18(22)23)19(24)25/h17H,6-16H2,1-5H3,(H-,22,23,24,25)/p+1. The van der Waals surface area contributed by atoms with Crippen LogP contribution in [0.3, 0.4) is 0 Å². The molecule has 0 saturated heterocycles. The van der Waals surface area contributed by atoms with Crippen LogP contribution >= 0.6 is 0 Å². The molecule has 148 valence electrons. The molecular formula is C20H40NO4+. The summed E-state index contributed by atoms with van der Waals surface area (Å²) in [5, 5.41) is 18.9. The highest BCUT2D eigenvalue weighted by atomic mass is 16.4. The first kappa shape index (κ1) is 23.9. The molecule has 0 aromatic heterocycles. The summed E-state index contributed by atoms with van der Waals surface area (Å²) < 4.78 is -0.0465. The summed E-state index contributed by atoms with van der Waals surface area (Å²) in [6, 6.07) is -0.0220. The molecule has 0 heterocycles. The van der Waals surface area contributed by atoms with Gasteiger partial charge in [0, 0.05) is 6.92 Å². The molecule has 5 heteroatoms. The van der Waals surface area contributed by atoms with Crippen LogP contribution in [0.5, 0.6) is 0 Å². The zero-order valence-corrected chi connectivity index (χ0v) is 17.0. The summed E-state index contributed by atoms with van der Waals surface area (Å²) in [5.74, 6) is -2.56. The van der Waals surface area contributed by atoms with Crippen molar-refractivity contribution in [1.29, 1.82) is 0 Å². The summed E-state index contributed by atoms with van der Waals surface area (Å²) >= 11 is 0. The minimum Gasteiger partial charge on any atom is -0.476 e. The maximum absolute atomic E-state index is 11.6. The highest BCUT2D eigenvalue weighted by molar-refractivity contribution is 6.01. The molecule has 5 nitrogen and oxygen atoms in total. The summed E-state index contributed by atoms with van der Waals surface area (Å²) in [4.78, 5) is 23.1. The van der Waals surface area contributed by atoms with Crippen molar-refractivity contribution in [2.45, 2.75) is 103 Å². The van der Waals surface area contributed by atoms with Gasteiger partial charge in [0.1, 0.15) is 0 Å². The number of rotatable bonds is 15. The second kappa shape index (κ2) is 11.5. The van der Waals surface area contributed by atoms with Gasteiger partial charge in [-0.3, -0.25) is 0 Å². The number of carboxylic acid groups (broad SMARTS) is 2. The van der Waals surface area contributed by atoms with Crippen molar-refractivity contribution in [3.8, 4) is 0 Å². The quantitative estimate of drug-likeness (QED) is 0.253. The van der Waals surface area contributed by atoms with Gasteiger partial charge in [0.05, 0.1) is 20.1 Å². The smallest absolute Gasteiger partial charge is 0.377 e. The normalized spacial score (nSPS) is 13.6. The molecule has 0 bridgehead atoms. The van der Waals surface area contributed by atoms with E-state index in [4.69, 9.17) is 0 Å². The largest absolute Gasteiger partial charge is 0.476 e.